The zero-order chi connectivity index (χ0) is 11.4. The molecule has 0 radical (unpaired) electrons. The lowest BCUT2D eigenvalue weighted by molar-refractivity contribution is -0.121. The molecule has 1 aliphatic rings. The van der Waals surface area contributed by atoms with E-state index in [-0.39, 0.29) is 18.1 Å². The van der Waals surface area contributed by atoms with Crippen molar-refractivity contribution in [1.29, 1.82) is 0 Å². The molecule has 1 aliphatic carbocycles. The number of hydrogen-bond acceptors (Lipinski definition) is 3. The molecule has 1 fully saturated rings. The molecule has 1 saturated carbocycles. The van der Waals surface area contributed by atoms with Crippen LogP contribution in [0.25, 0.3) is 0 Å². The summed E-state index contributed by atoms with van der Waals surface area (Å²) in [5.41, 5.74) is 0. The fraction of sp³-hybridized carbons (Fsp3) is 0.909. The topological polar surface area (TPSA) is 61.4 Å². The van der Waals surface area contributed by atoms with Crippen LogP contribution in [0.2, 0.25) is 0 Å². The molecule has 88 valence electrons. The van der Waals surface area contributed by atoms with Crippen LogP contribution in [0.4, 0.5) is 0 Å². The van der Waals surface area contributed by atoms with Crippen LogP contribution in [-0.4, -0.2) is 35.7 Å². The van der Waals surface area contributed by atoms with Crippen LogP contribution in [-0.2, 0) is 4.79 Å². The van der Waals surface area contributed by atoms with E-state index in [1.807, 2.05) is 6.92 Å². The minimum Gasteiger partial charge on any atom is -0.393 e. The van der Waals surface area contributed by atoms with E-state index in [1.165, 1.54) is 0 Å². The highest BCUT2D eigenvalue weighted by Gasteiger charge is 2.26. The first kappa shape index (κ1) is 12.5. The summed E-state index contributed by atoms with van der Waals surface area (Å²) in [5, 5.41) is 15.1. The van der Waals surface area contributed by atoms with Crippen molar-refractivity contribution in [3.63, 3.8) is 0 Å². The molecular formula is C11H22N2O2. The molecule has 15 heavy (non-hydrogen) atoms. The molecule has 0 heterocycles. The summed E-state index contributed by atoms with van der Waals surface area (Å²) in [6.45, 7) is 6.53. The third-order valence-corrected chi connectivity index (χ3v) is 3.05. The van der Waals surface area contributed by atoms with Gasteiger partial charge in [0.2, 0.25) is 5.91 Å². The van der Waals surface area contributed by atoms with E-state index in [2.05, 4.69) is 24.5 Å². The highest BCUT2D eigenvalue weighted by molar-refractivity contribution is 5.78. The first-order valence-electron chi connectivity index (χ1n) is 5.70. The van der Waals surface area contributed by atoms with Gasteiger partial charge in [-0.3, -0.25) is 4.79 Å². The first-order chi connectivity index (χ1) is 6.99. The van der Waals surface area contributed by atoms with Crippen molar-refractivity contribution in [2.45, 2.75) is 51.8 Å². The average molecular weight is 214 g/mol. The number of hydrogen-bond donors (Lipinski definition) is 3. The normalized spacial score (nSPS) is 27.3. The molecule has 1 atom stereocenters. The standard InChI is InChI=1S/C11H22N2O2/c1-7(2)8(3)13-11(15)6-12-9-4-10(14)5-9/h7-10,12,14H,4-6H2,1-3H3,(H,13,15). The molecule has 3 N–H and O–H groups in total. The Morgan fingerprint density at radius 1 is 1.40 bits per heavy atom. The molecular weight excluding hydrogens is 192 g/mol. The molecule has 1 unspecified atom stereocenters. The number of aliphatic hydroxyl groups is 1. The second-order valence-electron chi connectivity index (χ2n) is 4.80. The van der Waals surface area contributed by atoms with Gasteiger partial charge in [-0.1, -0.05) is 13.8 Å². The Balaban J connectivity index is 2.08. The van der Waals surface area contributed by atoms with Gasteiger partial charge in [0.05, 0.1) is 12.6 Å². The molecule has 0 aromatic heterocycles. The number of carbonyl (C=O) groups excluding carboxylic acids is 1. The summed E-state index contributed by atoms with van der Waals surface area (Å²) in [6, 6.07) is 0.534. The molecule has 0 aliphatic heterocycles. The van der Waals surface area contributed by atoms with Gasteiger partial charge in [-0.15, -0.1) is 0 Å². The van der Waals surface area contributed by atoms with Gasteiger partial charge in [0.1, 0.15) is 0 Å². The zero-order valence-corrected chi connectivity index (χ0v) is 9.79. The average Bonchev–Trinajstić information content (AvgIpc) is 2.10. The Labute approximate surface area is 91.4 Å². The van der Waals surface area contributed by atoms with Crippen LogP contribution in [0.1, 0.15) is 33.6 Å². The van der Waals surface area contributed by atoms with E-state index in [0.29, 0.717) is 18.5 Å². The minimum absolute atomic E-state index is 0.0394. The van der Waals surface area contributed by atoms with Gasteiger partial charge >= 0.3 is 0 Å². The van der Waals surface area contributed by atoms with Crippen LogP contribution < -0.4 is 10.6 Å². The maximum atomic E-state index is 11.4. The molecule has 4 nitrogen and oxygen atoms in total. The Morgan fingerprint density at radius 2 is 2.00 bits per heavy atom. The SMILES string of the molecule is CC(C)C(C)NC(=O)CNC1CC(O)C1. The van der Waals surface area contributed by atoms with Crippen molar-refractivity contribution >= 4 is 5.91 Å². The highest BCUT2D eigenvalue weighted by atomic mass is 16.3. The van der Waals surface area contributed by atoms with Crippen LogP contribution in [0.15, 0.2) is 0 Å². The smallest absolute Gasteiger partial charge is 0.234 e. The fourth-order valence-electron chi connectivity index (χ4n) is 1.46. The van der Waals surface area contributed by atoms with Gasteiger partial charge < -0.3 is 15.7 Å². The Morgan fingerprint density at radius 3 is 2.47 bits per heavy atom. The summed E-state index contributed by atoms with van der Waals surface area (Å²) < 4.78 is 0. The number of rotatable bonds is 5. The fourth-order valence-corrected chi connectivity index (χ4v) is 1.46. The van der Waals surface area contributed by atoms with Crippen LogP contribution in [0.3, 0.4) is 0 Å². The zero-order valence-electron chi connectivity index (χ0n) is 9.79. The number of carbonyl (C=O) groups is 1. The highest BCUT2D eigenvalue weighted by Crippen LogP contribution is 2.18. The largest absolute Gasteiger partial charge is 0.393 e. The van der Waals surface area contributed by atoms with Crippen molar-refractivity contribution in [2.24, 2.45) is 5.92 Å². The maximum absolute atomic E-state index is 11.4. The van der Waals surface area contributed by atoms with Crippen LogP contribution in [0.5, 0.6) is 0 Å². The lowest BCUT2D eigenvalue weighted by Gasteiger charge is -2.32. The molecule has 1 rings (SSSR count). The lowest BCUT2D eigenvalue weighted by Crippen LogP contribution is -2.49. The number of nitrogens with one attached hydrogen (secondary N) is 2. The maximum Gasteiger partial charge on any atom is 0.234 e. The number of amides is 1. The van der Waals surface area contributed by atoms with Gasteiger partial charge in [0, 0.05) is 12.1 Å². The third-order valence-electron chi connectivity index (χ3n) is 3.05. The van der Waals surface area contributed by atoms with Gasteiger partial charge in [-0.25, -0.2) is 0 Å². The summed E-state index contributed by atoms with van der Waals surface area (Å²) in [5.74, 6) is 0.497. The predicted molar refractivity (Wildman–Crippen MR) is 59.5 cm³/mol. The minimum atomic E-state index is -0.167. The molecule has 0 saturated heterocycles. The first-order valence-corrected chi connectivity index (χ1v) is 5.70. The summed E-state index contributed by atoms with van der Waals surface area (Å²) in [4.78, 5) is 11.4. The Hall–Kier alpha value is -0.610. The molecule has 0 aromatic rings. The van der Waals surface area contributed by atoms with E-state index in [4.69, 9.17) is 5.11 Å². The van der Waals surface area contributed by atoms with Crippen LogP contribution >= 0.6 is 0 Å². The molecule has 4 heteroatoms. The van der Waals surface area contributed by atoms with Crippen molar-refractivity contribution in [3.05, 3.63) is 0 Å². The quantitative estimate of drug-likeness (QED) is 0.615. The van der Waals surface area contributed by atoms with Crippen molar-refractivity contribution in [2.75, 3.05) is 6.54 Å². The van der Waals surface area contributed by atoms with E-state index in [1.54, 1.807) is 0 Å². The van der Waals surface area contributed by atoms with Crippen molar-refractivity contribution in [1.82, 2.24) is 10.6 Å². The van der Waals surface area contributed by atoms with Crippen molar-refractivity contribution < 1.29 is 9.90 Å². The van der Waals surface area contributed by atoms with E-state index in [0.717, 1.165) is 12.8 Å². The van der Waals surface area contributed by atoms with Crippen LogP contribution in [0, 0.1) is 5.92 Å². The second-order valence-corrected chi connectivity index (χ2v) is 4.80. The Kier molecular flexibility index (Phi) is 4.54. The molecule has 0 bridgehead atoms. The molecule has 0 spiro atoms. The summed E-state index contributed by atoms with van der Waals surface area (Å²) in [7, 11) is 0. The number of aliphatic hydroxyl groups excluding tert-OH is 1. The van der Waals surface area contributed by atoms with Gasteiger partial charge in [-0.05, 0) is 25.7 Å². The third kappa shape index (κ3) is 4.18. The predicted octanol–water partition coefficient (Wildman–Crippen LogP) is 0.260. The van der Waals surface area contributed by atoms with Gasteiger partial charge in [0.15, 0.2) is 0 Å². The second kappa shape index (κ2) is 5.47. The molecule has 1 amide bonds. The van der Waals surface area contributed by atoms with Gasteiger partial charge in [0.25, 0.3) is 0 Å². The summed E-state index contributed by atoms with van der Waals surface area (Å²) >= 11 is 0. The van der Waals surface area contributed by atoms with Gasteiger partial charge in [-0.2, -0.15) is 0 Å². The van der Waals surface area contributed by atoms with Crippen molar-refractivity contribution in [3.8, 4) is 0 Å². The van der Waals surface area contributed by atoms with E-state index < -0.39 is 0 Å². The van der Waals surface area contributed by atoms with E-state index >= 15 is 0 Å². The lowest BCUT2D eigenvalue weighted by atomic mass is 9.89. The summed E-state index contributed by atoms with van der Waals surface area (Å²) in [6.07, 6.45) is 1.38. The molecule has 0 aromatic carbocycles. The Bertz CT molecular complexity index is 213. The van der Waals surface area contributed by atoms with E-state index in [9.17, 15) is 4.79 Å². The monoisotopic (exact) mass is 214 g/mol.